The number of nitrogens with zero attached hydrogens (tertiary/aromatic N) is 2. The van der Waals surface area contributed by atoms with E-state index in [1.165, 1.54) is 6.20 Å². The van der Waals surface area contributed by atoms with Gasteiger partial charge in [0.05, 0.1) is 22.9 Å². The first kappa shape index (κ1) is 8.43. The molecule has 1 amide bonds. The summed E-state index contributed by atoms with van der Waals surface area (Å²) in [6.07, 6.45) is 1.98. The molecule has 5 heteroatoms. The molecule has 0 saturated heterocycles. The van der Waals surface area contributed by atoms with Crippen LogP contribution < -0.4 is 5.32 Å². The molecule has 2 N–H and O–H groups in total. The van der Waals surface area contributed by atoms with Crippen molar-refractivity contribution in [2.24, 2.45) is 0 Å². The van der Waals surface area contributed by atoms with E-state index in [1.807, 2.05) is 6.07 Å². The fourth-order valence-electron chi connectivity index (χ4n) is 1.14. The van der Waals surface area contributed by atoms with Crippen LogP contribution in [0.15, 0.2) is 30.6 Å². The Morgan fingerprint density at radius 1 is 1.36 bits per heavy atom. The van der Waals surface area contributed by atoms with Crippen molar-refractivity contribution in [3.8, 4) is 0 Å². The Balaban J connectivity index is 2.46. The van der Waals surface area contributed by atoms with Gasteiger partial charge >= 0.3 is 6.09 Å². The van der Waals surface area contributed by atoms with Crippen LogP contribution in [-0.2, 0) is 0 Å². The molecule has 0 unspecified atom stereocenters. The highest BCUT2D eigenvalue weighted by Crippen LogP contribution is 2.13. The number of hydrogen-bond acceptors (Lipinski definition) is 3. The largest absolute Gasteiger partial charge is 0.465 e. The van der Waals surface area contributed by atoms with Gasteiger partial charge in [0, 0.05) is 6.20 Å². The number of pyridine rings is 2. The summed E-state index contributed by atoms with van der Waals surface area (Å²) in [6.45, 7) is 0. The van der Waals surface area contributed by atoms with Gasteiger partial charge in [0.1, 0.15) is 0 Å². The van der Waals surface area contributed by atoms with Crippen molar-refractivity contribution in [1.29, 1.82) is 0 Å². The monoisotopic (exact) mass is 189 g/mol. The SMILES string of the molecule is O=C(O)Nc1cnc2cccnc2c1. The van der Waals surface area contributed by atoms with Crippen molar-refractivity contribution in [2.45, 2.75) is 0 Å². The van der Waals surface area contributed by atoms with Gasteiger partial charge in [-0.15, -0.1) is 0 Å². The maximum Gasteiger partial charge on any atom is 0.409 e. The normalized spacial score (nSPS) is 10.0. The summed E-state index contributed by atoms with van der Waals surface area (Å²) in [6, 6.07) is 5.23. The number of nitrogens with one attached hydrogen (secondary N) is 1. The van der Waals surface area contributed by atoms with Crippen LogP contribution in [-0.4, -0.2) is 21.2 Å². The Morgan fingerprint density at radius 2 is 2.21 bits per heavy atom. The average Bonchev–Trinajstić information content (AvgIpc) is 2.17. The first-order chi connectivity index (χ1) is 6.75. The highest BCUT2D eigenvalue weighted by Gasteiger charge is 2.00. The minimum absolute atomic E-state index is 0.420. The van der Waals surface area contributed by atoms with Gasteiger partial charge in [-0.1, -0.05) is 0 Å². The van der Waals surface area contributed by atoms with E-state index >= 15 is 0 Å². The molecule has 0 bridgehead atoms. The second kappa shape index (κ2) is 3.29. The molecule has 2 aromatic heterocycles. The Bertz CT molecular complexity index is 484. The lowest BCUT2D eigenvalue weighted by Gasteiger charge is -2.00. The lowest BCUT2D eigenvalue weighted by molar-refractivity contribution is 0.209. The van der Waals surface area contributed by atoms with Crippen LogP contribution in [0.25, 0.3) is 11.0 Å². The van der Waals surface area contributed by atoms with Crippen LogP contribution in [0, 0.1) is 0 Å². The van der Waals surface area contributed by atoms with Gasteiger partial charge in [-0.2, -0.15) is 0 Å². The molecular weight excluding hydrogens is 182 g/mol. The van der Waals surface area contributed by atoms with Gasteiger partial charge in [0.2, 0.25) is 0 Å². The van der Waals surface area contributed by atoms with E-state index in [4.69, 9.17) is 5.11 Å². The molecule has 70 valence electrons. The molecule has 2 heterocycles. The highest BCUT2D eigenvalue weighted by molar-refractivity contribution is 5.86. The Morgan fingerprint density at radius 3 is 3.00 bits per heavy atom. The summed E-state index contributed by atoms with van der Waals surface area (Å²) in [5.41, 5.74) is 1.82. The first-order valence-electron chi connectivity index (χ1n) is 3.96. The van der Waals surface area contributed by atoms with Crippen LogP contribution in [0.1, 0.15) is 0 Å². The molecule has 2 aromatic rings. The molecule has 0 radical (unpaired) electrons. The molecule has 0 spiro atoms. The average molecular weight is 189 g/mol. The zero-order chi connectivity index (χ0) is 9.97. The number of rotatable bonds is 1. The molecule has 0 saturated carbocycles. The number of anilines is 1. The summed E-state index contributed by atoms with van der Waals surface area (Å²) in [4.78, 5) is 18.4. The number of carboxylic acid groups (broad SMARTS) is 1. The molecule has 0 aliphatic rings. The quantitative estimate of drug-likeness (QED) is 0.716. The second-order valence-corrected chi connectivity index (χ2v) is 2.70. The maximum atomic E-state index is 10.3. The molecule has 0 aromatic carbocycles. The van der Waals surface area contributed by atoms with Crippen LogP contribution in [0.3, 0.4) is 0 Å². The van der Waals surface area contributed by atoms with Gasteiger partial charge in [-0.05, 0) is 18.2 Å². The second-order valence-electron chi connectivity index (χ2n) is 2.70. The number of carbonyl (C=O) groups is 1. The fraction of sp³-hybridized carbons (Fsp3) is 0. The standard InChI is InChI=1S/C9H7N3O2/c13-9(14)12-6-4-8-7(11-5-6)2-1-3-10-8/h1-5,12H,(H,13,14). The van der Waals surface area contributed by atoms with E-state index < -0.39 is 6.09 Å². The summed E-state index contributed by atoms with van der Waals surface area (Å²) in [5, 5.41) is 10.7. The Hall–Kier alpha value is -2.17. The zero-order valence-corrected chi connectivity index (χ0v) is 7.14. The van der Waals surface area contributed by atoms with Crippen molar-refractivity contribution < 1.29 is 9.90 Å². The molecule has 0 atom stereocenters. The third-order valence-electron chi connectivity index (χ3n) is 1.70. The summed E-state index contributed by atoms with van der Waals surface area (Å²) >= 11 is 0. The third-order valence-corrected chi connectivity index (χ3v) is 1.70. The number of aromatic nitrogens is 2. The molecule has 5 nitrogen and oxygen atoms in total. The smallest absolute Gasteiger partial charge is 0.409 e. The lowest BCUT2D eigenvalue weighted by Crippen LogP contribution is -2.07. The molecular formula is C9H7N3O2. The highest BCUT2D eigenvalue weighted by atomic mass is 16.4. The van der Waals surface area contributed by atoms with E-state index in [-0.39, 0.29) is 0 Å². The molecule has 0 fully saturated rings. The molecule has 0 aliphatic carbocycles. The zero-order valence-electron chi connectivity index (χ0n) is 7.14. The van der Waals surface area contributed by atoms with Gasteiger partial charge in [-0.25, -0.2) is 4.79 Å². The number of fused-ring (bicyclic) bond motifs is 1. The first-order valence-corrected chi connectivity index (χ1v) is 3.96. The van der Waals surface area contributed by atoms with Crippen molar-refractivity contribution in [3.63, 3.8) is 0 Å². The van der Waals surface area contributed by atoms with Crippen molar-refractivity contribution >= 4 is 22.8 Å². The van der Waals surface area contributed by atoms with E-state index in [0.29, 0.717) is 11.2 Å². The van der Waals surface area contributed by atoms with E-state index in [1.54, 1.807) is 18.3 Å². The fourth-order valence-corrected chi connectivity index (χ4v) is 1.14. The van der Waals surface area contributed by atoms with Gasteiger partial charge in [-0.3, -0.25) is 15.3 Å². The van der Waals surface area contributed by atoms with Crippen LogP contribution >= 0.6 is 0 Å². The van der Waals surface area contributed by atoms with Gasteiger partial charge in [0.15, 0.2) is 0 Å². The molecule has 0 aliphatic heterocycles. The van der Waals surface area contributed by atoms with Crippen molar-refractivity contribution in [1.82, 2.24) is 9.97 Å². The van der Waals surface area contributed by atoms with Crippen LogP contribution in [0.2, 0.25) is 0 Å². The van der Waals surface area contributed by atoms with Crippen LogP contribution in [0.4, 0.5) is 10.5 Å². The number of hydrogen-bond donors (Lipinski definition) is 2. The summed E-state index contributed by atoms with van der Waals surface area (Å²) < 4.78 is 0. The lowest BCUT2D eigenvalue weighted by atomic mass is 10.3. The summed E-state index contributed by atoms with van der Waals surface area (Å²) in [7, 11) is 0. The minimum Gasteiger partial charge on any atom is -0.465 e. The Labute approximate surface area is 79.4 Å². The van der Waals surface area contributed by atoms with Gasteiger partial charge in [0.25, 0.3) is 0 Å². The van der Waals surface area contributed by atoms with Gasteiger partial charge < -0.3 is 5.11 Å². The predicted molar refractivity (Wildman–Crippen MR) is 51.2 cm³/mol. The van der Waals surface area contributed by atoms with Crippen molar-refractivity contribution in [3.05, 3.63) is 30.6 Å². The predicted octanol–water partition coefficient (Wildman–Crippen LogP) is 1.72. The minimum atomic E-state index is -1.11. The van der Waals surface area contributed by atoms with E-state index in [2.05, 4.69) is 15.3 Å². The van der Waals surface area contributed by atoms with E-state index in [0.717, 1.165) is 5.52 Å². The maximum absolute atomic E-state index is 10.3. The van der Waals surface area contributed by atoms with E-state index in [9.17, 15) is 4.79 Å². The van der Waals surface area contributed by atoms with Crippen molar-refractivity contribution in [2.75, 3.05) is 5.32 Å². The topological polar surface area (TPSA) is 75.1 Å². The van der Waals surface area contributed by atoms with Crippen LogP contribution in [0.5, 0.6) is 0 Å². The number of amides is 1. The third kappa shape index (κ3) is 1.61. The molecule has 2 rings (SSSR count). The molecule has 14 heavy (non-hydrogen) atoms. The Kier molecular flexibility index (Phi) is 1.98. The summed E-state index contributed by atoms with van der Waals surface area (Å²) in [5.74, 6) is 0.